The highest BCUT2D eigenvalue weighted by Crippen LogP contribution is 2.23. The molecule has 0 aliphatic carbocycles. The number of carbonyl (C=O) groups is 1. The third kappa shape index (κ3) is 4.66. The molecule has 0 saturated heterocycles. The van der Waals surface area contributed by atoms with Gasteiger partial charge in [-0.2, -0.15) is 5.26 Å². The van der Waals surface area contributed by atoms with E-state index in [9.17, 15) is 4.79 Å². The minimum atomic E-state index is -0.129. The third-order valence-electron chi connectivity index (χ3n) is 4.83. The van der Waals surface area contributed by atoms with Gasteiger partial charge in [0.25, 0.3) is 0 Å². The molecule has 0 aliphatic rings. The van der Waals surface area contributed by atoms with Gasteiger partial charge in [-0.25, -0.2) is 4.98 Å². The molecule has 3 rings (SSSR count). The fraction of sp³-hybridized carbons (Fsp3) is 0.261. The lowest BCUT2D eigenvalue weighted by molar-refractivity contribution is -0.121. The van der Waals surface area contributed by atoms with E-state index < -0.39 is 0 Å². The molecule has 0 radical (unpaired) electrons. The first-order valence-corrected chi connectivity index (χ1v) is 9.28. The van der Waals surface area contributed by atoms with Crippen LogP contribution in [0.4, 0.5) is 0 Å². The average molecular weight is 373 g/mol. The summed E-state index contributed by atoms with van der Waals surface area (Å²) in [4.78, 5) is 16.5. The van der Waals surface area contributed by atoms with Crippen molar-refractivity contribution in [1.29, 1.82) is 5.26 Å². The van der Waals surface area contributed by atoms with E-state index in [-0.39, 0.29) is 11.9 Å². The minimum Gasteiger partial charge on any atom is -0.441 e. The van der Waals surface area contributed by atoms with E-state index in [2.05, 4.69) is 42.4 Å². The van der Waals surface area contributed by atoms with Crippen LogP contribution in [0, 0.1) is 25.2 Å². The third-order valence-corrected chi connectivity index (χ3v) is 4.83. The molecule has 0 saturated carbocycles. The molecule has 1 aromatic heterocycles. The first-order valence-electron chi connectivity index (χ1n) is 9.28. The highest BCUT2D eigenvalue weighted by atomic mass is 16.4. The van der Waals surface area contributed by atoms with Crippen LogP contribution >= 0.6 is 0 Å². The number of nitrogens with zero attached hydrogens (tertiary/aromatic N) is 2. The van der Waals surface area contributed by atoms with Crippen LogP contribution in [0.3, 0.4) is 0 Å². The predicted molar refractivity (Wildman–Crippen MR) is 107 cm³/mol. The smallest absolute Gasteiger partial charge is 0.220 e. The zero-order chi connectivity index (χ0) is 20.1. The molecule has 28 heavy (non-hydrogen) atoms. The second kappa shape index (κ2) is 8.53. The highest BCUT2D eigenvalue weighted by Gasteiger charge is 2.12. The number of aryl methyl sites for hydroxylation is 3. The fourth-order valence-corrected chi connectivity index (χ4v) is 2.92. The van der Waals surface area contributed by atoms with E-state index in [1.165, 1.54) is 11.1 Å². The molecule has 0 bridgehead atoms. The molecule has 0 unspecified atom stereocenters. The van der Waals surface area contributed by atoms with Crippen LogP contribution in [-0.4, -0.2) is 10.9 Å². The van der Waals surface area contributed by atoms with E-state index in [4.69, 9.17) is 9.68 Å². The fourth-order valence-electron chi connectivity index (χ4n) is 2.92. The van der Waals surface area contributed by atoms with Crippen LogP contribution in [-0.2, 0) is 11.2 Å². The Bertz CT molecular complexity index is 1010. The second-order valence-corrected chi connectivity index (χ2v) is 6.94. The van der Waals surface area contributed by atoms with Gasteiger partial charge in [0.1, 0.15) is 0 Å². The van der Waals surface area contributed by atoms with Crippen LogP contribution in [0.25, 0.3) is 11.3 Å². The minimum absolute atomic E-state index is 0.0669. The summed E-state index contributed by atoms with van der Waals surface area (Å²) in [6, 6.07) is 15.3. The molecular formula is C23H23N3O2. The molecular weight excluding hydrogens is 350 g/mol. The van der Waals surface area contributed by atoms with Crippen molar-refractivity contribution in [3.8, 4) is 17.4 Å². The lowest BCUT2D eigenvalue weighted by Crippen LogP contribution is -2.26. The lowest BCUT2D eigenvalue weighted by Gasteiger charge is -2.14. The molecule has 0 aliphatic heterocycles. The van der Waals surface area contributed by atoms with Crippen LogP contribution in [0.2, 0.25) is 0 Å². The van der Waals surface area contributed by atoms with Gasteiger partial charge in [-0.15, -0.1) is 0 Å². The summed E-state index contributed by atoms with van der Waals surface area (Å²) < 4.78 is 5.81. The summed E-state index contributed by atoms with van der Waals surface area (Å²) in [6.07, 6.45) is 2.45. The Morgan fingerprint density at radius 1 is 1.18 bits per heavy atom. The van der Waals surface area contributed by atoms with Crippen molar-refractivity contribution in [3.63, 3.8) is 0 Å². The first-order chi connectivity index (χ1) is 13.5. The Labute approximate surface area is 165 Å². The number of nitrogens with one attached hydrogen (secondary N) is 1. The quantitative estimate of drug-likeness (QED) is 0.683. The zero-order valence-electron chi connectivity index (χ0n) is 16.3. The van der Waals surface area contributed by atoms with Crippen molar-refractivity contribution in [3.05, 3.63) is 76.8 Å². The van der Waals surface area contributed by atoms with Crippen LogP contribution < -0.4 is 5.32 Å². The van der Waals surface area contributed by atoms with Crippen LogP contribution in [0.1, 0.15) is 47.5 Å². The summed E-state index contributed by atoms with van der Waals surface area (Å²) in [5.41, 5.74) is 4.98. The summed E-state index contributed by atoms with van der Waals surface area (Å²) in [5, 5.41) is 11.8. The van der Waals surface area contributed by atoms with Crippen molar-refractivity contribution in [2.45, 2.75) is 39.7 Å². The van der Waals surface area contributed by atoms with Gasteiger partial charge in [0.15, 0.2) is 11.7 Å². The predicted octanol–water partition coefficient (Wildman–Crippen LogP) is 4.64. The summed E-state index contributed by atoms with van der Waals surface area (Å²) in [6.45, 7) is 6.06. The standard InChI is InChI=1S/C23H23N3O2/c1-15-4-7-20(12-16(15)2)21-14-25-23(28-21)11-10-22(27)26-17(3)19-8-5-18(13-24)6-9-19/h4-9,12,14,17H,10-11H2,1-3H3,(H,26,27)/t17-/m1/s1. The largest absolute Gasteiger partial charge is 0.441 e. The molecule has 142 valence electrons. The number of hydrogen-bond donors (Lipinski definition) is 1. The Hall–Kier alpha value is -3.39. The number of hydrogen-bond acceptors (Lipinski definition) is 4. The molecule has 5 nitrogen and oxygen atoms in total. The van der Waals surface area contributed by atoms with Crippen molar-refractivity contribution in [2.75, 3.05) is 0 Å². The van der Waals surface area contributed by atoms with Gasteiger partial charge in [-0.3, -0.25) is 4.79 Å². The number of amides is 1. The maximum atomic E-state index is 12.2. The van der Waals surface area contributed by atoms with Crippen molar-refractivity contribution in [2.24, 2.45) is 0 Å². The molecule has 3 aromatic rings. The number of benzene rings is 2. The van der Waals surface area contributed by atoms with Crippen LogP contribution in [0.15, 0.2) is 53.1 Å². The normalized spacial score (nSPS) is 11.6. The molecule has 1 amide bonds. The average Bonchev–Trinajstić information content (AvgIpc) is 3.17. The Balaban J connectivity index is 1.55. The van der Waals surface area contributed by atoms with Gasteiger partial charge in [0.2, 0.25) is 5.91 Å². The van der Waals surface area contributed by atoms with Gasteiger partial charge in [-0.1, -0.05) is 24.3 Å². The van der Waals surface area contributed by atoms with E-state index >= 15 is 0 Å². The van der Waals surface area contributed by atoms with Crippen molar-refractivity contribution in [1.82, 2.24) is 10.3 Å². The second-order valence-electron chi connectivity index (χ2n) is 6.94. The number of nitriles is 1. The highest BCUT2D eigenvalue weighted by molar-refractivity contribution is 5.76. The molecule has 1 atom stereocenters. The monoisotopic (exact) mass is 373 g/mol. The number of oxazole rings is 1. The molecule has 1 heterocycles. The summed E-state index contributed by atoms with van der Waals surface area (Å²) in [7, 11) is 0. The maximum absolute atomic E-state index is 12.2. The molecule has 5 heteroatoms. The van der Waals surface area contributed by atoms with E-state index in [0.29, 0.717) is 30.1 Å². The lowest BCUT2D eigenvalue weighted by atomic mass is 10.1. The molecule has 0 fully saturated rings. The number of carbonyl (C=O) groups excluding carboxylic acids is 1. The van der Waals surface area contributed by atoms with Crippen LogP contribution in [0.5, 0.6) is 0 Å². The maximum Gasteiger partial charge on any atom is 0.220 e. The van der Waals surface area contributed by atoms with E-state index in [1.807, 2.05) is 25.1 Å². The van der Waals surface area contributed by atoms with Gasteiger partial charge >= 0.3 is 0 Å². The first kappa shape index (κ1) is 19.4. The van der Waals surface area contributed by atoms with E-state index in [1.54, 1.807) is 18.3 Å². The summed E-state index contributed by atoms with van der Waals surface area (Å²) in [5.74, 6) is 1.20. The zero-order valence-corrected chi connectivity index (χ0v) is 16.3. The van der Waals surface area contributed by atoms with Gasteiger partial charge in [0.05, 0.1) is 23.9 Å². The van der Waals surface area contributed by atoms with Crippen molar-refractivity contribution >= 4 is 5.91 Å². The number of aromatic nitrogens is 1. The van der Waals surface area contributed by atoms with Gasteiger partial charge in [-0.05, 0) is 55.7 Å². The SMILES string of the molecule is Cc1ccc(-c2cnc(CCC(=O)N[C@H](C)c3ccc(C#N)cc3)o2)cc1C. The molecule has 2 aromatic carbocycles. The Morgan fingerprint density at radius 2 is 1.93 bits per heavy atom. The Kier molecular flexibility index (Phi) is 5.90. The van der Waals surface area contributed by atoms with Gasteiger partial charge < -0.3 is 9.73 Å². The summed E-state index contributed by atoms with van der Waals surface area (Å²) >= 11 is 0. The molecule has 0 spiro atoms. The Morgan fingerprint density at radius 3 is 2.61 bits per heavy atom. The topological polar surface area (TPSA) is 78.9 Å². The van der Waals surface area contributed by atoms with E-state index in [0.717, 1.165) is 11.1 Å². The van der Waals surface area contributed by atoms with Crippen molar-refractivity contribution < 1.29 is 9.21 Å². The number of rotatable bonds is 6. The van der Waals surface area contributed by atoms with Gasteiger partial charge in [0, 0.05) is 18.4 Å². The molecule has 1 N–H and O–H groups in total.